The summed E-state index contributed by atoms with van der Waals surface area (Å²) in [5.41, 5.74) is 8.10. The summed E-state index contributed by atoms with van der Waals surface area (Å²) >= 11 is 0. The molecule has 0 bridgehead atoms. The van der Waals surface area contributed by atoms with Gasteiger partial charge in [0.15, 0.2) is 5.96 Å². The number of nitrogens with two attached hydrogens (primary N) is 1. The number of guanidine groups is 1. The van der Waals surface area contributed by atoms with Gasteiger partial charge in [-0.2, -0.15) is 0 Å². The van der Waals surface area contributed by atoms with Gasteiger partial charge >= 0.3 is 6.36 Å². The molecule has 156 valence electrons. The van der Waals surface area contributed by atoms with Crippen LogP contribution >= 0.6 is 0 Å². The number of rotatable bonds is 7. The summed E-state index contributed by atoms with van der Waals surface area (Å²) in [4.78, 5) is 8.48. The standard InChI is InChI=1S/C21H19F3N4O2/c22-21(23,24)30-18-10-8-17(9-11-18)28-20(25)27-13-16-7-4-12-26-19(16)29-14-15-5-2-1-3-6-15/h1-12H,13-14H2,(H3,25,27,28). The van der Waals surface area contributed by atoms with Gasteiger partial charge in [0.2, 0.25) is 5.88 Å². The van der Waals surface area contributed by atoms with Gasteiger partial charge in [0.25, 0.3) is 0 Å². The molecule has 0 radical (unpaired) electrons. The van der Waals surface area contributed by atoms with Crippen LogP contribution in [0.2, 0.25) is 0 Å². The summed E-state index contributed by atoms with van der Waals surface area (Å²) in [7, 11) is 0. The Kier molecular flexibility index (Phi) is 6.74. The number of nitrogens with zero attached hydrogens (tertiary/aromatic N) is 2. The van der Waals surface area contributed by atoms with E-state index < -0.39 is 6.36 Å². The van der Waals surface area contributed by atoms with E-state index in [1.165, 1.54) is 24.3 Å². The lowest BCUT2D eigenvalue weighted by atomic mass is 10.2. The van der Waals surface area contributed by atoms with Crippen molar-refractivity contribution in [3.8, 4) is 11.6 Å². The van der Waals surface area contributed by atoms with Crippen molar-refractivity contribution >= 4 is 11.6 Å². The third-order valence-corrected chi connectivity index (χ3v) is 3.85. The molecule has 0 spiro atoms. The minimum absolute atomic E-state index is 0.0948. The first kappa shape index (κ1) is 21.0. The smallest absolute Gasteiger partial charge is 0.473 e. The number of halogens is 3. The van der Waals surface area contributed by atoms with Crippen molar-refractivity contribution in [3.05, 3.63) is 84.1 Å². The van der Waals surface area contributed by atoms with E-state index in [4.69, 9.17) is 10.5 Å². The highest BCUT2D eigenvalue weighted by atomic mass is 19.4. The van der Waals surface area contributed by atoms with Crippen LogP contribution in [0.5, 0.6) is 11.6 Å². The SMILES string of the molecule is NC(=NCc1cccnc1OCc1ccccc1)Nc1ccc(OC(F)(F)F)cc1. The van der Waals surface area contributed by atoms with Crippen LogP contribution in [0.15, 0.2) is 77.9 Å². The molecule has 0 fully saturated rings. The summed E-state index contributed by atoms with van der Waals surface area (Å²) in [5.74, 6) is 0.225. The molecule has 0 aliphatic rings. The Balaban J connectivity index is 1.59. The van der Waals surface area contributed by atoms with Gasteiger partial charge in [0, 0.05) is 17.4 Å². The highest BCUT2D eigenvalue weighted by Gasteiger charge is 2.30. The van der Waals surface area contributed by atoms with Crippen molar-refractivity contribution in [1.29, 1.82) is 0 Å². The number of aromatic nitrogens is 1. The zero-order valence-corrected chi connectivity index (χ0v) is 15.8. The second kappa shape index (κ2) is 9.64. The molecule has 0 saturated carbocycles. The Labute approximate surface area is 171 Å². The van der Waals surface area contributed by atoms with Crippen molar-refractivity contribution in [2.45, 2.75) is 19.5 Å². The molecule has 1 aromatic heterocycles. The molecule has 0 aliphatic heterocycles. The lowest BCUT2D eigenvalue weighted by Crippen LogP contribution is -2.22. The van der Waals surface area contributed by atoms with Gasteiger partial charge < -0.3 is 20.5 Å². The second-order valence-corrected chi connectivity index (χ2v) is 6.14. The lowest BCUT2D eigenvalue weighted by Gasteiger charge is -2.11. The quantitative estimate of drug-likeness (QED) is 0.438. The average Bonchev–Trinajstić information content (AvgIpc) is 2.72. The predicted molar refractivity (Wildman–Crippen MR) is 107 cm³/mol. The molecule has 0 atom stereocenters. The fourth-order valence-electron chi connectivity index (χ4n) is 2.50. The maximum absolute atomic E-state index is 12.2. The van der Waals surface area contributed by atoms with Gasteiger partial charge in [0.1, 0.15) is 12.4 Å². The van der Waals surface area contributed by atoms with Crippen LogP contribution in [0.25, 0.3) is 0 Å². The molecule has 0 unspecified atom stereocenters. The molecule has 30 heavy (non-hydrogen) atoms. The van der Waals surface area contributed by atoms with Crippen molar-refractivity contribution in [2.75, 3.05) is 5.32 Å². The van der Waals surface area contributed by atoms with Gasteiger partial charge in [0.05, 0.1) is 6.54 Å². The maximum Gasteiger partial charge on any atom is 0.573 e. The molecule has 3 rings (SSSR count). The van der Waals surface area contributed by atoms with Crippen LogP contribution < -0.4 is 20.5 Å². The van der Waals surface area contributed by atoms with Crippen LogP contribution in [0.4, 0.5) is 18.9 Å². The van der Waals surface area contributed by atoms with E-state index in [1.807, 2.05) is 36.4 Å². The fourth-order valence-corrected chi connectivity index (χ4v) is 2.50. The number of hydrogen-bond donors (Lipinski definition) is 2. The number of ether oxygens (including phenoxy) is 2. The Hall–Kier alpha value is -3.75. The van der Waals surface area contributed by atoms with Gasteiger partial charge in [-0.3, -0.25) is 0 Å². The lowest BCUT2D eigenvalue weighted by molar-refractivity contribution is -0.274. The maximum atomic E-state index is 12.2. The molecule has 0 aliphatic carbocycles. The summed E-state index contributed by atoms with van der Waals surface area (Å²) in [6, 6.07) is 18.4. The third kappa shape index (κ3) is 6.69. The Morgan fingerprint density at radius 1 is 1.00 bits per heavy atom. The summed E-state index contributed by atoms with van der Waals surface area (Å²) in [5, 5.41) is 2.81. The van der Waals surface area contributed by atoms with Crippen molar-refractivity contribution < 1.29 is 22.6 Å². The summed E-state index contributed by atoms with van der Waals surface area (Å²) in [6.07, 6.45) is -3.11. The average molecular weight is 416 g/mol. The first-order valence-electron chi connectivity index (χ1n) is 8.92. The summed E-state index contributed by atoms with van der Waals surface area (Å²) < 4.78 is 46.2. The number of pyridine rings is 1. The van der Waals surface area contributed by atoms with Gasteiger partial charge in [-0.05, 0) is 35.9 Å². The molecular weight excluding hydrogens is 397 g/mol. The van der Waals surface area contributed by atoms with E-state index >= 15 is 0 Å². The molecule has 3 aromatic rings. The largest absolute Gasteiger partial charge is 0.573 e. The fraction of sp³-hybridized carbons (Fsp3) is 0.143. The van der Waals surface area contributed by atoms with Gasteiger partial charge in [-0.1, -0.05) is 36.4 Å². The predicted octanol–water partition coefficient (Wildman–Crippen LogP) is 4.49. The van der Waals surface area contributed by atoms with Crippen molar-refractivity contribution in [1.82, 2.24) is 4.98 Å². The molecule has 1 heterocycles. The first-order chi connectivity index (χ1) is 14.4. The Morgan fingerprint density at radius 2 is 1.73 bits per heavy atom. The Morgan fingerprint density at radius 3 is 2.43 bits per heavy atom. The normalized spacial score (nSPS) is 11.8. The monoisotopic (exact) mass is 416 g/mol. The van der Waals surface area contributed by atoms with Crippen LogP contribution in [0.1, 0.15) is 11.1 Å². The number of hydrogen-bond acceptors (Lipinski definition) is 4. The van der Waals surface area contributed by atoms with E-state index in [9.17, 15) is 13.2 Å². The number of anilines is 1. The van der Waals surface area contributed by atoms with Crippen LogP contribution in [0, 0.1) is 0 Å². The number of nitrogens with one attached hydrogen (secondary N) is 1. The zero-order valence-electron chi connectivity index (χ0n) is 15.8. The second-order valence-electron chi connectivity index (χ2n) is 6.14. The van der Waals surface area contributed by atoms with E-state index in [0.717, 1.165) is 11.1 Å². The van der Waals surface area contributed by atoms with E-state index in [1.54, 1.807) is 12.3 Å². The molecule has 2 aromatic carbocycles. The van der Waals surface area contributed by atoms with Crippen LogP contribution in [-0.2, 0) is 13.2 Å². The zero-order chi connectivity index (χ0) is 21.4. The molecule has 0 amide bonds. The van der Waals surface area contributed by atoms with E-state index in [-0.39, 0.29) is 18.3 Å². The van der Waals surface area contributed by atoms with Crippen molar-refractivity contribution in [2.24, 2.45) is 10.7 Å². The minimum Gasteiger partial charge on any atom is -0.473 e. The third-order valence-electron chi connectivity index (χ3n) is 3.85. The molecular formula is C21H19F3N4O2. The molecule has 3 N–H and O–H groups in total. The molecule has 0 saturated heterocycles. The first-order valence-corrected chi connectivity index (χ1v) is 8.92. The highest BCUT2D eigenvalue weighted by Crippen LogP contribution is 2.24. The molecule has 9 heteroatoms. The Bertz CT molecular complexity index is 978. The minimum atomic E-state index is -4.74. The van der Waals surface area contributed by atoms with Gasteiger partial charge in [-0.25, -0.2) is 9.98 Å². The molecule has 6 nitrogen and oxygen atoms in total. The number of benzene rings is 2. The van der Waals surface area contributed by atoms with Crippen LogP contribution in [-0.4, -0.2) is 17.3 Å². The van der Waals surface area contributed by atoms with E-state index in [0.29, 0.717) is 18.2 Å². The summed E-state index contributed by atoms with van der Waals surface area (Å²) in [6.45, 7) is 0.584. The topological polar surface area (TPSA) is 81.8 Å². The van der Waals surface area contributed by atoms with E-state index in [2.05, 4.69) is 20.0 Å². The number of alkyl halides is 3. The highest BCUT2D eigenvalue weighted by molar-refractivity contribution is 5.92. The van der Waals surface area contributed by atoms with Gasteiger partial charge in [-0.15, -0.1) is 13.2 Å². The number of aliphatic imine (C=N–C) groups is 1. The van der Waals surface area contributed by atoms with Crippen LogP contribution in [0.3, 0.4) is 0 Å². The van der Waals surface area contributed by atoms with Crippen molar-refractivity contribution in [3.63, 3.8) is 0 Å².